The normalized spacial score (nSPS) is 15.2. The number of guanidine groups is 1. The molecule has 0 saturated heterocycles. The van der Waals surface area contributed by atoms with E-state index in [9.17, 15) is 24.3 Å². The van der Waals surface area contributed by atoms with Crippen molar-refractivity contribution in [1.82, 2.24) is 16.0 Å². The first-order chi connectivity index (χ1) is 16.8. The molecule has 0 fully saturated rings. The number of carbonyl (C=O) groups is 4. The van der Waals surface area contributed by atoms with Gasteiger partial charge in [-0.05, 0) is 49.5 Å². The van der Waals surface area contributed by atoms with Crippen LogP contribution in [0.1, 0.15) is 59.8 Å². The number of nitrogens with two attached hydrogens (primary N) is 3. The zero-order valence-corrected chi connectivity index (χ0v) is 22.9. The molecule has 13 heteroatoms. The minimum atomic E-state index is -1.20. The number of rotatable bonds is 18. The van der Waals surface area contributed by atoms with Gasteiger partial charge in [0.15, 0.2) is 5.96 Å². The number of carboxylic acid groups (broad SMARTS) is 1. The van der Waals surface area contributed by atoms with Crippen molar-refractivity contribution in [3.8, 4) is 0 Å². The van der Waals surface area contributed by atoms with E-state index in [4.69, 9.17) is 17.2 Å². The number of nitrogens with one attached hydrogen (secondary N) is 3. The molecule has 0 aromatic heterocycles. The van der Waals surface area contributed by atoms with Gasteiger partial charge in [-0.1, -0.05) is 34.1 Å². The molecule has 0 aliphatic carbocycles. The summed E-state index contributed by atoms with van der Waals surface area (Å²) in [4.78, 5) is 54.3. The van der Waals surface area contributed by atoms with Gasteiger partial charge in [0.2, 0.25) is 17.7 Å². The van der Waals surface area contributed by atoms with E-state index in [0.717, 1.165) is 0 Å². The first kappa shape index (κ1) is 33.5. The molecular formula is C23H45N7O5S. The SMILES string of the molecule is CCC(C)C(NC(=O)C(CCSC)NC(=O)C(N)CC(C)C)C(=O)NC(CCCN=C(N)N)C(=O)O. The van der Waals surface area contributed by atoms with Crippen LogP contribution in [-0.2, 0) is 19.2 Å². The molecule has 0 radical (unpaired) electrons. The van der Waals surface area contributed by atoms with Crippen LogP contribution in [0.5, 0.6) is 0 Å². The third-order valence-corrected chi connectivity index (χ3v) is 6.30. The first-order valence-corrected chi connectivity index (χ1v) is 13.7. The van der Waals surface area contributed by atoms with Crippen LogP contribution in [0.2, 0.25) is 0 Å². The third-order valence-electron chi connectivity index (χ3n) is 5.66. The highest BCUT2D eigenvalue weighted by atomic mass is 32.2. The van der Waals surface area contributed by atoms with Crippen molar-refractivity contribution in [2.75, 3.05) is 18.6 Å². The van der Waals surface area contributed by atoms with E-state index in [-0.39, 0.29) is 30.8 Å². The predicted octanol–water partition coefficient (Wildman–Crippen LogP) is -0.248. The van der Waals surface area contributed by atoms with Crippen molar-refractivity contribution in [1.29, 1.82) is 0 Å². The van der Waals surface area contributed by atoms with Crippen LogP contribution < -0.4 is 33.2 Å². The molecule has 3 amide bonds. The molecule has 0 aromatic rings. The summed E-state index contributed by atoms with van der Waals surface area (Å²) in [6, 6.07) is -3.79. The number of thioether (sulfide) groups is 1. The van der Waals surface area contributed by atoms with Crippen LogP contribution in [0, 0.1) is 11.8 Å². The van der Waals surface area contributed by atoms with Crippen LogP contribution in [0.4, 0.5) is 0 Å². The molecule has 0 aromatic carbocycles. The van der Waals surface area contributed by atoms with Crippen molar-refractivity contribution in [2.24, 2.45) is 34.0 Å². The van der Waals surface area contributed by atoms with Crippen LogP contribution in [0.15, 0.2) is 4.99 Å². The third kappa shape index (κ3) is 13.5. The standard InChI is InChI=1S/C23H45N7O5S/c1-6-14(4)18(21(33)29-17(22(34)35)8-7-10-27-23(25)26)30-20(32)16(9-11-36-5)28-19(31)15(24)12-13(2)3/h13-18H,6-12,24H2,1-5H3,(H,28,31)(H,29,33)(H,30,32)(H,34,35)(H4,25,26,27). The summed E-state index contributed by atoms with van der Waals surface area (Å²) in [6.07, 6.45) is 3.72. The average molecular weight is 532 g/mol. The largest absolute Gasteiger partial charge is 0.480 e. The molecule has 208 valence electrons. The van der Waals surface area contributed by atoms with Gasteiger partial charge in [0.25, 0.3) is 0 Å². The lowest BCUT2D eigenvalue weighted by atomic mass is 9.97. The van der Waals surface area contributed by atoms with Gasteiger partial charge in [0.05, 0.1) is 6.04 Å². The van der Waals surface area contributed by atoms with Gasteiger partial charge >= 0.3 is 5.97 Å². The van der Waals surface area contributed by atoms with Gasteiger partial charge in [-0.2, -0.15) is 11.8 Å². The number of aliphatic carboxylic acids is 1. The summed E-state index contributed by atoms with van der Waals surface area (Å²) in [5, 5.41) is 17.5. The maximum atomic E-state index is 13.1. The van der Waals surface area contributed by atoms with Crippen LogP contribution in [0.25, 0.3) is 0 Å². The highest BCUT2D eigenvalue weighted by molar-refractivity contribution is 7.98. The van der Waals surface area contributed by atoms with Crippen LogP contribution in [0.3, 0.4) is 0 Å². The lowest BCUT2D eigenvalue weighted by molar-refractivity contribution is -0.143. The van der Waals surface area contributed by atoms with Gasteiger partial charge in [-0.25, -0.2) is 4.79 Å². The Kier molecular flexibility index (Phi) is 16.6. The van der Waals surface area contributed by atoms with Crippen LogP contribution >= 0.6 is 11.8 Å². The minimum absolute atomic E-state index is 0.0984. The van der Waals surface area contributed by atoms with Gasteiger partial charge in [-0.3, -0.25) is 19.4 Å². The number of carboxylic acids is 1. The fourth-order valence-corrected chi connectivity index (χ4v) is 3.85. The maximum Gasteiger partial charge on any atom is 0.326 e. The molecule has 0 saturated carbocycles. The van der Waals surface area contributed by atoms with E-state index >= 15 is 0 Å². The van der Waals surface area contributed by atoms with Crippen molar-refractivity contribution < 1.29 is 24.3 Å². The smallest absolute Gasteiger partial charge is 0.326 e. The zero-order valence-electron chi connectivity index (χ0n) is 22.1. The first-order valence-electron chi connectivity index (χ1n) is 12.3. The van der Waals surface area contributed by atoms with Gasteiger partial charge in [-0.15, -0.1) is 0 Å². The zero-order chi connectivity index (χ0) is 27.8. The Balaban J connectivity index is 5.47. The summed E-state index contributed by atoms with van der Waals surface area (Å²) < 4.78 is 0. The van der Waals surface area contributed by atoms with E-state index in [0.29, 0.717) is 31.4 Å². The highest BCUT2D eigenvalue weighted by Gasteiger charge is 2.32. The van der Waals surface area contributed by atoms with E-state index < -0.39 is 47.9 Å². The fraction of sp³-hybridized carbons (Fsp3) is 0.783. The average Bonchev–Trinajstić information content (AvgIpc) is 2.80. The Morgan fingerprint density at radius 1 is 0.944 bits per heavy atom. The number of aliphatic imine (C=N–C) groups is 1. The Hall–Kier alpha value is -2.54. The lowest BCUT2D eigenvalue weighted by Crippen LogP contribution is -2.58. The summed E-state index contributed by atoms with van der Waals surface area (Å²) in [5.41, 5.74) is 16.5. The number of hydrogen-bond acceptors (Lipinski definition) is 7. The van der Waals surface area contributed by atoms with Gasteiger partial charge < -0.3 is 38.3 Å². The second-order valence-electron chi connectivity index (χ2n) is 9.30. The molecule has 0 heterocycles. The molecule has 0 aliphatic rings. The molecule has 0 aliphatic heterocycles. The Labute approximate surface area is 218 Å². The number of nitrogens with zero attached hydrogens (tertiary/aromatic N) is 1. The molecule has 5 unspecified atom stereocenters. The summed E-state index contributed by atoms with van der Waals surface area (Å²) in [5.74, 6) is -2.33. The number of hydrogen-bond donors (Lipinski definition) is 7. The molecule has 5 atom stereocenters. The van der Waals surface area contributed by atoms with Crippen molar-refractivity contribution in [2.45, 2.75) is 84.0 Å². The Morgan fingerprint density at radius 3 is 2.06 bits per heavy atom. The number of carbonyl (C=O) groups excluding carboxylic acids is 3. The fourth-order valence-electron chi connectivity index (χ4n) is 3.38. The van der Waals surface area contributed by atoms with E-state index in [2.05, 4.69) is 20.9 Å². The summed E-state index contributed by atoms with van der Waals surface area (Å²) >= 11 is 1.52. The van der Waals surface area contributed by atoms with E-state index in [1.54, 1.807) is 6.92 Å². The monoisotopic (exact) mass is 531 g/mol. The van der Waals surface area contributed by atoms with Gasteiger partial charge in [0.1, 0.15) is 18.1 Å². The molecule has 0 rings (SSSR count). The van der Waals surface area contributed by atoms with Crippen LogP contribution in [-0.4, -0.2) is 77.5 Å². The highest BCUT2D eigenvalue weighted by Crippen LogP contribution is 2.11. The molecule has 36 heavy (non-hydrogen) atoms. The minimum Gasteiger partial charge on any atom is -0.480 e. The van der Waals surface area contributed by atoms with E-state index in [1.807, 2.05) is 27.0 Å². The topological polar surface area (TPSA) is 215 Å². The lowest BCUT2D eigenvalue weighted by Gasteiger charge is -2.28. The maximum absolute atomic E-state index is 13.1. The Bertz CT molecular complexity index is 746. The second kappa shape index (κ2) is 17.8. The van der Waals surface area contributed by atoms with Crippen molar-refractivity contribution >= 4 is 41.4 Å². The van der Waals surface area contributed by atoms with E-state index in [1.165, 1.54) is 11.8 Å². The van der Waals surface area contributed by atoms with Gasteiger partial charge in [0, 0.05) is 6.54 Å². The summed E-state index contributed by atoms with van der Waals surface area (Å²) in [6.45, 7) is 7.77. The number of amides is 3. The molecular weight excluding hydrogens is 486 g/mol. The van der Waals surface area contributed by atoms with Crippen molar-refractivity contribution in [3.63, 3.8) is 0 Å². The Morgan fingerprint density at radius 2 is 1.56 bits per heavy atom. The molecule has 12 nitrogen and oxygen atoms in total. The molecule has 0 bridgehead atoms. The second-order valence-corrected chi connectivity index (χ2v) is 10.3. The quantitative estimate of drug-likeness (QED) is 0.0704. The summed E-state index contributed by atoms with van der Waals surface area (Å²) in [7, 11) is 0. The van der Waals surface area contributed by atoms with Crippen molar-refractivity contribution in [3.05, 3.63) is 0 Å². The molecule has 0 spiro atoms. The molecule has 10 N–H and O–H groups in total. The predicted molar refractivity (Wildman–Crippen MR) is 143 cm³/mol.